The second kappa shape index (κ2) is 8.44. The normalized spacial score (nSPS) is 18.8. The zero-order chi connectivity index (χ0) is 20.3. The van der Waals surface area contributed by atoms with Gasteiger partial charge in [-0.25, -0.2) is 9.80 Å². The fourth-order valence-corrected chi connectivity index (χ4v) is 3.48. The maximum absolute atomic E-state index is 12.7. The van der Waals surface area contributed by atoms with Crippen LogP contribution in [0.1, 0.15) is 40.7 Å². The third-order valence-electron chi connectivity index (χ3n) is 4.66. The zero-order valence-corrected chi connectivity index (χ0v) is 16.4. The molecule has 2 atom stereocenters. The van der Waals surface area contributed by atoms with E-state index in [1.165, 1.54) is 0 Å². The van der Waals surface area contributed by atoms with E-state index >= 15 is 0 Å². The molecule has 0 spiro atoms. The van der Waals surface area contributed by atoms with E-state index in [2.05, 4.69) is 5.43 Å². The Balaban J connectivity index is 1.89. The molecule has 0 aromatic heterocycles. The predicted octanol–water partition coefficient (Wildman–Crippen LogP) is 3.24. The van der Waals surface area contributed by atoms with Gasteiger partial charge in [-0.05, 0) is 43.7 Å². The fraction of sp³-hybridized carbons (Fsp3) is 0.286. The number of carbonyl (C=O) groups excluding carboxylic acids is 3. The topological polar surface area (TPSA) is 75.7 Å². The van der Waals surface area contributed by atoms with Crippen molar-refractivity contribution in [2.75, 3.05) is 6.61 Å². The summed E-state index contributed by atoms with van der Waals surface area (Å²) in [6.07, 6.45) is 0.0675. The number of ether oxygens (including phenoxy) is 1. The monoisotopic (exact) mass is 400 g/mol. The molecule has 0 radical (unpaired) electrons. The Kier molecular flexibility index (Phi) is 5.99. The minimum Gasteiger partial charge on any atom is -0.464 e. The summed E-state index contributed by atoms with van der Waals surface area (Å²) < 4.78 is 5.17. The third-order valence-corrected chi connectivity index (χ3v) is 4.90. The molecule has 1 heterocycles. The minimum absolute atomic E-state index is 0.0675. The van der Waals surface area contributed by atoms with Gasteiger partial charge in [0.2, 0.25) is 5.91 Å². The van der Waals surface area contributed by atoms with Crippen LogP contribution in [0.3, 0.4) is 0 Å². The SMILES string of the molecule is CCOC(=O)[C@@H]1[C@H](c2cccc(Cl)c2)CC(=O)N1NC(=O)c1ccc(C)cc1. The van der Waals surface area contributed by atoms with Crippen molar-refractivity contribution in [1.82, 2.24) is 10.4 Å². The number of rotatable bonds is 5. The summed E-state index contributed by atoms with van der Waals surface area (Å²) in [6, 6.07) is 13.0. The number of hydrogen-bond acceptors (Lipinski definition) is 4. The molecule has 28 heavy (non-hydrogen) atoms. The van der Waals surface area contributed by atoms with Gasteiger partial charge in [0, 0.05) is 22.9 Å². The summed E-state index contributed by atoms with van der Waals surface area (Å²) in [5.74, 6) is -1.86. The van der Waals surface area contributed by atoms with E-state index in [1.54, 1.807) is 55.5 Å². The summed E-state index contributed by atoms with van der Waals surface area (Å²) in [4.78, 5) is 37.9. The second-order valence-corrected chi connectivity index (χ2v) is 7.07. The van der Waals surface area contributed by atoms with Crippen molar-refractivity contribution in [1.29, 1.82) is 0 Å². The number of carbonyl (C=O) groups is 3. The van der Waals surface area contributed by atoms with E-state index in [0.717, 1.165) is 16.1 Å². The number of hydrazine groups is 1. The van der Waals surface area contributed by atoms with Gasteiger partial charge in [-0.3, -0.25) is 15.0 Å². The fourth-order valence-electron chi connectivity index (χ4n) is 3.28. The van der Waals surface area contributed by atoms with E-state index in [9.17, 15) is 14.4 Å². The Morgan fingerprint density at radius 1 is 1.21 bits per heavy atom. The van der Waals surface area contributed by atoms with Crippen molar-refractivity contribution in [3.05, 3.63) is 70.2 Å². The molecule has 3 rings (SSSR count). The molecule has 1 aliphatic rings. The molecular weight excluding hydrogens is 380 g/mol. The highest BCUT2D eigenvalue weighted by Crippen LogP contribution is 2.35. The Morgan fingerprint density at radius 2 is 1.93 bits per heavy atom. The quantitative estimate of drug-likeness (QED) is 0.782. The number of halogens is 1. The van der Waals surface area contributed by atoms with Crippen molar-refractivity contribution in [3.8, 4) is 0 Å². The number of benzene rings is 2. The number of esters is 1. The van der Waals surface area contributed by atoms with Crippen LogP contribution < -0.4 is 5.43 Å². The number of amides is 2. The molecule has 1 aliphatic heterocycles. The van der Waals surface area contributed by atoms with E-state index < -0.39 is 23.8 Å². The molecule has 0 bridgehead atoms. The molecule has 146 valence electrons. The molecule has 6 nitrogen and oxygen atoms in total. The van der Waals surface area contributed by atoms with E-state index in [1.807, 2.05) is 6.92 Å². The van der Waals surface area contributed by atoms with Crippen molar-refractivity contribution in [2.45, 2.75) is 32.2 Å². The van der Waals surface area contributed by atoms with Crippen LogP contribution >= 0.6 is 11.6 Å². The molecule has 2 amide bonds. The Labute approximate surface area is 168 Å². The number of hydrogen-bond donors (Lipinski definition) is 1. The highest BCUT2D eigenvalue weighted by molar-refractivity contribution is 6.30. The molecule has 0 saturated carbocycles. The molecule has 2 aromatic carbocycles. The molecular formula is C21H21ClN2O4. The van der Waals surface area contributed by atoms with Gasteiger partial charge in [-0.1, -0.05) is 41.4 Å². The van der Waals surface area contributed by atoms with Crippen LogP contribution in [0.25, 0.3) is 0 Å². The van der Waals surface area contributed by atoms with Crippen LogP contribution in [-0.4, -0.2) is 35.4 Å². The van der Waals surface area contributed by atoms with Gasteiger partial charge in [0.25, 0.3) is 5.91 Å². The van der Waals surface area contributed by atoms with Gasteiger partial charge < -0.3 is 4.74 Å². The average molecular weight is 401 g/mol. The van der Waals surface area contributed by atoms with Gasteiger partial charge in [0.1, 0.15) is 0 Å². The Morgan fingerprint density at radius 3 is 2.57 bits per heavy atom. The van der Waals surface area contributed by atoms with Crippen LogP contribution in [0.15, 0.2) is 48.5 Å². The summed E-state index contributed by atoms with van der Waals surface area (Å²) in [6.45, 7) is 3.78. The summed E-state index contributed by atoms with van der Waals surface area (Å²) in [5, 5.41) is 1.60. The lowest BCUT2D eigenvalue weighted by Gasteiger charge is -2.26. The lowest BCUT2D eigenvalue weighted by Crippen LogP contribution is -2.52. The first kappa shape index (κ1) is 19.9. The van der Waals surface area contributed by atoms with Crippen LogP contribution in [0.4, 0.5) is 0 Å². The zero-order valence-electron chi connectivity index (χ0n) is 15.6. The van der Waals surface area contributed by atoms with Gasteiger partial charge in [-0.2, -0.15) is 0 Å². The summed E-state index contributed by atoms with van der Waals surface area (Å²) >= 11 is 6.08. The van der Waals surface area contributed by atoms with Gasteiger partial charge in [0.15, 0.2) is 6.04 Å². The Bertz CT molecular complexity index is 898. The lowest BCUT2D eigenvalue weighted by molar-refractivity contribution is -0.153. The van der Waals surface area contributed by atoms with Crippen molar-refractivity contribution in [3.63, 3.8) is 0 Å². The highest BCUT2D eigenvalue weighted by Gasteiger charge is 2.47. The molecule has 1 N–H and O–H groups in total. The van der Waals surface area contributed by atoms with Crippen LogP contribution in [-0.2, 0) is 14.3 Å². The molecule has 1 fully saturated rings. The van der Waals surface area contributed by atoms with Crippen molar-refractivity contribution >= 4 is 29.4 Å². The first-order valence-electron chi connectivity index (χ1n) is 9.02. The van der Waals surface area contributed by atoms with Crippen LogP contribution in [0.5, 0.6) is 0 Å². The first-order valence-corrected chi connectivity index (χ1v) is 9.40. The smallest absolute Gasteiger partial charge is 0.331 e. The predicted molar refractivity (Wildman–Crippen MR) is 105 cm³/mol. The standard InChI is InChI=1S/C21H21ClN2O4/c1-3-28-21(27)19-17(15-5-4-6-16(22)11-15)12-18(25)24(19)23-20(26)14-9-7-13(2)8-10-14/h4-11,17,19H,3,12H2,1-2H3,(H,23,26)/t17-,19-/m0/s1. The van der Waals surface area contributed by atoms with Crippen molar-refractivity contribution < 1.29 is 19.1 Å². The van der Waals surface area contributed by atoms with Crippen molar-refractivity contribution in [2.24, 2.45) is 0 Å². The molecule has 0 unspecified atom stereocenters. The highest BCUT2D eigenvalue weighted by atomic mass is 35.5. The number of nitrogens with zero attached hydrogens (tertiary/aromatic N) is 1. The molecule has 2 aromatic rings. The number of nitrogens with one attached hydrogen (secondary N) is 1. The van der Waals surface area contributed by atoms with Gasteiger partial charge >= 0.3 is 5.97 Å². The van der Waals surface area contributed by atoms with E-state index in [-0.39, 0.29) is 18.9 Å². The van der Waals surface area contributed by atoms with Crippen LogP contribution in [0.2, 0.25) is 5.02 Å². The second-order valence-electron chi connectivity index (χ2n) is 6.63. The molecule has 1 saturated heterocycles. The third kappa shape index (κ3) is 4.17. The largest absolute Gasteiger partial charge is 0.464 e. The lowest BCUT2D eigenvalue weighted by atomic mass is 9.92. The molecule has 0 aliphatic carbocycles. The maximum atomic E-state index is 12.7. The minimum atomic E-state index is -0.958. The number of aryl methyl sites for hydroxylation is 1. The van der Waals surface area contributed by atoms with Gasteiger partial charge in [0.05, 0.1) is 6.61 Å². The average Bonchev–Trinajstić information content (AvgIpc) is 2.99. The van der Waals surface area contributed by atoms with E-state index in [4.69, 9.17) is 16.3 Å². The van der Waals surface area contributed by atoms with Crippen LogP contribution in [0, 0.1) is 6.92 Å². The molecule has 7 heteroatoms. The summed E-state index contributed by atoms with van der Waals surface area (Å²) in [5.41, 5.74) is 4.73. The van der Waals surface area contributed by atoms with Gasteiger partial charge in [-0.15, -0.1) is 0 Å². The summed E-state index contributed by atoms with van der Waals surface area (Å²) in [7, 11) is 0. The van der Waals surface area contributed by atoms with E-state index in [0.29, 0.717) is 10.6 Å². The first-order chi connectivity index (χ1) is 13.4. The Hall–Kier alpha value is -2.86. The maximum Gasteiger partial charge on any atom is 0.331 e.